The monoisotopic (exact) mass is 341 g/mol. The Morgan fingerprint density at radius 1 is 1.35 bits per heavy atom. The number of sulfonamides is 1. The number of nitrogens with zero attached hydrogens (tertiary/aromatic N) is 1. The average Bonchev–Trinajstić information content (AvgIpc) is 2.53. The Balaban J connectivity index is 1.79. The number of nitrogens with one attached hydrogen (secondary N) is 2. The van der Waals surface area contributed by atoms with E-state index >= 15 is 0 Å². The standard InChI is InChI=1S/C15H23N3O4S/c1-3-12-4-6-13(7-5-12)17-15(19)16-10-14-11-18(8-9-22-14)23(2,20)21/h4-7,14H,3,8-11H2,1-2H3,(H2,16,17,19)/t14-/m1/s1. The van der Waals surface area contributed by atoms with E-state index in [0.29, 0.717) is 18.8 Å². The fourth-order valence-electron chi connectivity index (χ4n) is 2.32. The summed E-state index contributed by atoms with van der Waals surface area (Å²) in [6.45, 7) is 3.26. The van der Waals surface area contributed by atoms with Crippen molar-refractivity contribution in [2.45, 2.75) is 19.4 Å². The number of hydrogen-bond acceptors (Lipinski definition) is 4. The Labute approximate surface area is 137 Å². The van der Waals surface area contributed by atoms with Crippen LogP contribution in [0.4, 0.5) is 10.5 Å². The molecule has 23 heavy (non-hydrogen) atoms. The van der Waals surface area contributed by atoms with Crippen molar-refractivity contribution < 1.29 is 17.9 Å². The SMILES string of the molecule is CCc1ccc(NC(=O)NC[C@@H]2CN(S(C)(=O)=O)CCO2)cc1. The summed E-state index contributed by atoms with van der Waals surface area (Å²) in [7, 11) is -3.23. The Morgan fingerprint density at radius 3 is 2.65 bits per heavy atom. The van der Waals surface area contributed by atoms with Gasteiger partial charge in [-0.15, -0.1) is 0 Å². The molecule has 0 bridgehead atoms. The molecule has 1 saturated heterocycles. The number of urea groups is 1. The van der Waals surface area contributed by atoms with Crippen LogP contribution in [-0.4, -0.2) is 57.4 Å². The second-order valence-corrected chi connectivity index (χ2v) is 7.48. The van der Waals surface area contributed by atoms with Gasteiger partial charge in [0.15, 0.2) is 0 Å². The van der Waals surface area contributed by atoms with Crippen molar-refractivity contribution in [2.24, 2.45) is 0 Å². The van der Waals surface area contributed by atoms with Gasteiger partial charge in [0.05, 0.1) is 19.0 Å². The van der Waals surface area contributed by atoms with Crippen molar-refractivity contribution >= 4 is 21.7 Å². The fourth-order valence-corrected chi connectivity index (χ4v) is 3.17. The molecule has 128 valence electrons. The molecule has 0 aromatic heterocycles. The topological polar surface area (TPSA) is 87.7 Å². The van der Waals surface area contributed by atoms with Gasteiger partial charge in [0, 0.05) is 25.3 Å². The van der Waals surface area contributed by atoms with Gasteiger partial charge in [-0.2, -0.15) is 4.31 Å². The largest absolute Gasteiger partial charge is 0.374 e. The fraction of sp³-hybridized carbons (Fsp3) is 0.533. The summed E-state index contributed by atoms with van der Waals surface area (Å²) in [4.78, 5) is 11.9. The average molecular weight is 341 g/mol. The Hall–Kier alpha value is -1.64. The minimum Gasteiger partial charge on any atom is -0.374 e. The molecule has 1 heterocycles. The molecule has 0 spiro atoms. The highest BCUT2D eigenvalue weighted by molar-refractivity contribution is 7.88. The van der Waals surface area contributed by atoms with Gasteiger partial charge >= 0.3 is 6.03 Å². The highest BCUT2D eigenvalue weighted by atomic mass is 32.2. The van der Waals surface area contributed by atoms with Gasteiger partial charge in [-0.1, -0.05) is 19.1 Å². The maximum Gasteiger partial charge on any atom is 0.319 e. The van der Waals surface area contributed by atoms with Crippen LogP contribution in [-0.2, 0) is 21.2 Å². The van der Waals surface area contributed by atoms with Gasteiger partial charge in [-0.3, -0.25) is 0 Å². The quantitative estimate of drug-likeness (QED) is 0.837. The Kier molecular flexibility index (Phi) is 5.97. The highest BCUT2D eigenvalue weighted by Gasteiger charge is 2.26. The third kappa shape index (κ3) is 5.49. The molecule has 2 N–H and O–H groups in total. The molecule has 2 amide bonds. The van der Waals surface area contributed by atoms with Crippen molar-refractivity contribution in [3.8, 4) is 0 Å². The number of anilines is 1. The molecule has 0 saturated carbocycles. The second kappa shape index (κ2) is 7.76. The minimum atomic E-state index is -3.23. The Bertz CT molecular complexity index is 631. The third-order valence-corrected chi connectivity index (χ3v) is 4.95. The van der Waals surface area contributed by atoms with E-state index in [-0.39, 0.29) is 25.2 Å². The summed E-state index contributed by atoms with van der Waals surface area (Å²) < 4.78 is 29.9. The lowest BCUT2D eigenvalue weighted by Gasteiger charge is -2.31. The van der Waals surface area contributed by atoms with Gasteiger partial charge in [0.2, 0.25) is 10.0 Å². The number of rotatable bonds is 5. The van der Waals surface area contributed by atoms with Crippen molar-refractivity contribution in [1.29, 1.82) is 0 Å². The Morgan fingerprint density at radius 2 is 2.04 bits per heavy atom. The van der Waals surface area contributed by atoms with E-state index in [1.54, 1.807) is 0 Å². The predicted molar refractivity (Wildman–Crippen MR) is 89.0 cm³/mol. The zero-order chi connectivity index (χ0) is 16.9. The number of aryl methyl sites for hydroxylation is 1. The first-order valence-corrected chi connectivity index (χ1v) is 9.44. The van der Waals surface area contributed by atoms with E-state index in [0.717, 1.165) is 6.42 Å². The van der Waals surface area contributed by atoms with Crippen molar-refractivity contribution in [3.05, 3.63) is 29.8 Å². The summed E-state index contributed by atoms with van der Waals surface area (Å²) in [5.74, 6) is 0. The van der Waals surface area contributed by atoms with Gasteiger partial charge in [0.1, 0.15) is 0 Å². The maximum atomic E-state index is 11.9. The van der Waals surface area contributed by atoms with Crippen LogP contribution in [0.2, 0.25) is 0 Å². The first-order valence-electron chi connectivity index (χ1n) is 7.59. The van der Waals surface area contributed by atoms with E-state index in [4.69, 9.17) is 4.74 Å². The number of carbonyl (C=O) groups is 1. The zero-order valence-electron chi connectivity index (χ0n) is 13.4. The van der Waals surface area contributed by atoms with Gasteiger partial charge in [-0.05, 0) is 24.1 Å². The van der Waals surface area contributed by atoms with Gasteiger partial charge in [-0.25, -0.2) is 13.2 Å². The molecule has 1 aliphatic rings. The first-order chi connectivity index (χ1) is 10.9. The zero-order valence-corrected chi connectivity index (χ0v) is 14.2. The van der Waals surface area contributed by atoms with Crippen LogP contribution in [0, 0.1) is 0 Å². The second-order valence-electron chi connectivity index (χ2n) is 5.50. The molecule has 0 radical (unpaired) electrons. The van der Waals surface area contributed by atoms with Crippen molar-refractivity contribution in [2.75, 3.05) is 37.8 Å². The van der Waals surface area contributed by atoms with E-state index in [9.17, 15) is 13.2 Å². The molecule has 1 atom stereocenters. The van der Waals surface area contributed by atoms with Crippen LogP contribution >= 0.6 is 0 Å². The van der Waals surface area contributed by atoms with Crippen molar-refractivity contribution in [3.63, 3.8) is 0 Å². The van der Waals surface area contributed by atoms with E-state index < -0.39 is 10.0 Å². The molecular weight excluding hydrogens is 318 g/mol. The summed E-state index contributed by atoms with van der Waals surface area (Å²) in [5.41, 5.74) is 1.91. The van der Waals surface area contributed by atoms with Crippen LogP contribution in [0.1, 0.15) is 12.5 Å². The highest BCUT2D eigenvalue weighted by Crippen LogP contribution is 2.10. The molecule has 0 aliphatic carbocycles. The summed E-state index contributed by atoms with van der Waals surface area (Å²) in [6, 6.07) is 7.28. The van der Waals surface area contributed by atoms with Crippen LogP contribution in [0.5, 0.6) is 0 Å². The number of amides is 2. The lowest BCUT2D eigenvalue weighted by atomic mass is 10.1. The molecule has 1 fully saturated rings. The molecule has 1 aliphatic heterocycles. The van der Waals surface area contributed by atoms with E-state index in [1.165, 1.54) is 16.1 Å². The smallest absolute Gasteiger partial charge is 0.319 e. The molecule has 8 heteroatoms. The van der Waals surface area contributed by atoms with Gasteiger partial charge in [0.25, 0.3) is 0 Å². The van der Waals surface area contributed by atoms with Crippen LogP contribution in [0.15, 0.2) is 24.3 Å². The first kappa shape index (κ1) is 17.7. The lowest BCUT2D eigenvalue weighted by molar-refractivity contribution is 0.00167. The number of benzene rings is 1. The molecule has 2 rings (SSSR count). The van der Waals surface area contributed by atoms with Crippen LogP contribution < -0.4 is 10.6 Å². The lowest BCUT2D eigenvalue weighted by Crippen LogP contribution is -2.49. The summed E-state index contributed by atoms with van der Waals surface area (Å²) >= 11 is 0. The number of carbonyl (C=O) groups excluding carboxylic acids is 1. The van der Waals surface area contributed by atoms with E-state index in [2.05, 4.69) is 17.6 Å². The van der Waals surface area contributed by atoms with Crippen molar-refractivity contribution in [1.82, 2.24) is 9.62 Å². The summed E-state index contributed by atoms with van der Waals surface area (Å²) in [5, 5.41) is 5.44. The molecule has 0 unspecified atom stereocenters. The molecule has 1 aromatic rings. The van der Waals surface area contributed by atoms with Gasteiger partial charge < -0.3 is 15.4 Å². The van der Waals surface area contributed by atoms with E-state index in [1.807, 2.05) is 24.3 Å². The number of morpholine rings is 1. The molecule has 1 aromatic carbocycles. The minimum absolute atomic E-state index is 0.254. The summed E-state index contributed by atoms with van der Waals surface area (Å²) in [6.07, 6.45) is 1.78. The molecule has 7 nitrogen and oxygen atoms in total. The number of ether oxygens (including phenoxy) is 1. The van der Waals surface area contributed by atoms with Crippen LogP contribution in [0.25, 0.3) is 0 Å². The third-order valence-electron chi connectivity index (χ3n) is 3.68. The molecular formula is C15H23N3O4S. The number of hydrogen-bond donors (Lipinski definition) is 2. The normalized spacial score (nSPS) is 19.3. The maximum absolute atomic E-state index is 11.9. The van der Waals surface area contributed by atoms with Crippen LogP contribution in [0.3, 0.4) is 0 Å². The predicted octanol–water partition coefficient (Wildman–Crippen LogP) is 1.03.